The molecule has 0 unspecified atom stereocenters. The van der Waals surface area contributed by atoms with Gasteiger partial charge in [-0.1, -0.05) is 27.7 Å². The zero-order chi connectivity index (χ0) is 24.0. The molecule has 10 heteroatoms. The molecular weight excluding hydrogens is 438 g/mol. The van der Waals surface area contributed by atoms with E-state index in [-0.39, 0.29) is 21.7 Å². The van der Waals surface area contributed by atoms with Gasteiger partial charge in [-0.05, 0) is 32.7 Å². The Hall–Kier alpha value is -2.07. The van der Waals surface area contributed by atoms with E-state index < -0.39 is 9.84 Å². The van der Waals surface area contributed by atoms with Crippen LogP contribution in [0.1, 0.15) is 64.3 Å². The second-order valence-electron chi connectivity index (χ2n) is 10.8. The highest BCUT2D eigenvalue weighted by molar-refractivity contribution is 7.91. The number of rotatable bonds is 7. The molecule has 182 valence electrons. The number of aryl methyl sites for hydroxylation is 1. The first-order chi connectivity index (χ1) is 15.4. The van der Waals surface area contributed by atoms with Crippen molar-refractivity contribution in [1.82, 2.24) is 29.6 Å². The molecule has 3 heterocycles. The van der Waals surface area contributed by atoms with Gasteiger partial charge < -0.3 is 9.47 Å². The fourth-order valence-electron chi connectivity index (χ4n) is 4.11. The molecular formula is C23H37N7O2S. The molecule has 4 rings (SSSR count). The van der Waals surface area contributed by atoms with Crippen LogP contribution in [0.15, 0.2) is 11.2 Å². The van der Waals surface area contributed by atoms with Crippen LogP contribution < -0.4 is 4.90 Å². The molecule has 0 aromatic carbocycles. The summed E-state index contributed by atoms with van der Waals surface area (Å²) in [6.07, 6.45) is 2.97. The minimum Gasteiger partial charge on any atom is -0.354 e. The van der Waals surface area contributed by atoms with Crippen LogP contribution in [0, 0.1) is 6.92 Å². The number of aromatic nitrogens is 5. The SMILES string of the molecule is Cc1nnc(S(=O)(=O)CCCN2CCN(c3cc(C4(C)CC4)nc(C(C)(C)C)n3)CC2)n1C. The van der Waals surface area contributed by atoms with E-state index in [0.29, 0.717) is 12.2 Å². The van der Waals surface area contributed by atoms with E-state index in [2.05, 4.69) is 53.8 Å². The number of nitrogens with zero attached hydrogens (tertiary/aromatic N) is 7. The largest absolute Gasteiger partial charge is 0.354 e. The summed E-state index contributed by atoms with van der Waals surface area (Å²) in [6, 6.07) is 2.19. The lowest BCUT2D eigenvalue weighted by molar-refractivity contribution is 0.258. The van der Waals surface area contributed by atoms with Gasteiger partial charge in [-0.2, -0.15) is 0 Å². The fraction of sp³-hybridized carbons (Fsp3) is 0.739. The third-order valence-corrected chi connectivity index (χ3v) is 8.65. The maximum absolute atomic E-state index is 12.6. The molecule has 2 aromatic rings. The van der Waals surface area contributed by atoms with Crippen LogP contribution in [0.5, 0.6) is 0 Å². The average Bonchev–Trinajstić information content (AvgIpc) is 3.42. The van der Waals surface area contributed by atoms with Crippen LogP contribution in [0.2, 0.25) is 0 Å². The Bertz CT molecular complexity index is 1080. The molecule has 1 aliphatic heterocycles. The van der Waals surface area contributed by atoms with Crippen LogP contribution in [0.25, 0.3) is 0 Å². The fourth-order valence-corrected chi connectivity index (χ4v) is 5.52. The predicted molar refractivity (Wildman–Crippen MR) is 128 cm³/mol. The predicted octanol–water partition coefficient (Wildman–Crippen LogP) is 2.25. The lowest BCUT2D eigenvalue weighted by Crippen LogP contribution is -2.47. The molecule has 1 saturated carbocycles. The summed E-state index contributed by atoms with van der Waals surface area (Å²) < 4.78 is 26.8. The van der Waals surface area contributed by atoms with Crippen molar-refractivity contribution in [3.8, 4) is 0 Å². The van der Waals surface area contributed by atoms with E-state index in [1.54, 1.807) is 14.0 Å². The van der Waals surface area contributed by atoms with Crippen LogP contribution in [-0.4, -0.2) is 76.5 Å². The van der Waals surface area contributed by atoms with E-state index in [0.717, 1.165) is 44.4 Å². The average molecular weight is 476 g/mol. The van der Waals surface area contributed by atoms with Crippen molar-refractivity contribution in [2.45, 2.75) is 69.9 Å². The second-order valence-corrected chi connectivity index (χ2v) is 12.8. The summed E-state index contributed by atoms with van der Waals surface area (Å²) in [6.45, 7) is 14.8. The molecule has 1 aliphatic carbocycles. The molecule has 33 heavy (non-hydrogen) atoms. The highest BCUT2D eigenvalue weighted by atomic mass is 32.2. The third-order valence-electron chi connectivity index (χ3n) is 6.92. The maximum Gasteiger partial charge on any atom is 0.249 e. The van der Waals surface area contributed by atoms with Gasteiger partial charge in [-0.25, -0.2) is 18.4 Å². The Kier molecular flexibility index (Phi) is 6.28. The Labute approximate surface area is 197 Å². The summed E-state index contributed by atoms with van der Waals surface area (Å²) in [7, 11) is -1.73. The lowest BCUT2D eigenvalue weighted by atomic mass is 9.94. The minimum atomic E-state index is -3.42. The molecule has 1 saturated heterocycles. The van der Waals surface area contributed by atoms with Crippen molar-refractivity contribution in [2.75, 3.05) is 43.4 Å². The molecule has 0 bridgehead atoms. The first-order valence-corrected chi connectivity index (χ1v) is 13.5. The number of hydrogen-bond acceptors (Lipinski definition) is 8. The van der Waals surface area contributed by atoms with Crippen molar-refractivity contribution in [3.05, 3.63) is 23.4 Å². The number of hydrogen-bond donors (Lipinski definition) is 0. The summed E-state index contributed by atoms with van der Waals surface area (Å²) in [4.78, 5) is 14.5. The quantitative estimate of drug-likeness (QED) is 0.602. The molecule has 2 aliphatic rings. The van der Waals surface area contributed by atoms with Crippen molar-refractivity contribution in [1.29, 1.82) is 0 Å². The molecule has 2 fully saturated rings. The Morgan fingerprint density at radius 3 is 2.27 bits per heavy atom. The molecule has 0 atom stereocenters. The normalized spacial score (nSPS) is 19.2. The number of piperazine rings is 1. The van der Waals surface area contributed by atoms with Crippen molar-refractivity contribution in [2.24, 2.45) is 7.05 Å². The molecule has 0 radical (unpaired) electrons. The van der Waals surface area contributed by atoms with Crippen molar-refractivity contribution >= 4 is 15.7 Å². The standard InChI is InChI=1S/C23H37N7O2S/c1-17-26-27-21(28(17)6)33(31,32)15-7-10-29-11-13-30(14-12-29)19-16-18(23(5)8-9-23)24-20(25-19)22(2,3)4/h16H,7-15H2,1-6H3. The molecule has 0 spiro atoms. The zero-order valence-corrected chi connectivity index (χ0v) is 21.6. The van der Waals surface area contributed by atoms with Crippen LogP contribution in [-0.2, 0) is 27.7 Å². The van der Waals surface area contributed by atoms with Gasteiger partial charge in [-0.3, -0.25) is 4.90 Å². The summed E-state index contributed by atoms with van der Waals surface area (Å²) in [5, 5.41) is 7.77. The molecule has 0 N–H and O–H groups in total. The van der Waals surface area contributed by atoms with Gasteiger partial charge >= 0.3 is 0 Å². The van der Waals surface area contributed by atoms with E-state index >= 15 is 0 Å². The Morgan fingerprint density at radius 1 is 1.06 bits per heavy atom. The number of sulfone groups is 1. The van der Waals surface area contributed by atoms with Gasteiger partial charge in [0.15, 0.2) is 0 Å². The van der Waals surface area contributed by atoms with Crippen LogP contribution >= 0.6 is 0 Å². The van der Waals surface area contributed by atoms with E-state index in [4.69, 9.17) is 9.97 Å². The first kappa shape index (κ1) is 24.1. The first-order valence-electron chi connectivity index (χ1n) is 11.9. The molecule has 2 aromatic heterocycles. The van der Waals surface area contributed by atoms with Gasteiger partial charge in [0.05, 0.1) is 11.4 Å². The van der Waals surface area contributed by atoms with Gasteiger partial charge in [-0.15, -0.1) is 10.2 Å². The summed E-state index contributed by atoms with van der Waals surface area (Å²) >= 11 is 0. The lowest BCUT2D eigenvalue weighted by Gasteiger charge is -2.36. The molecule has 0 amide bonds. The summed E-state index contributed by atoms with van der Waals surface area (Å²) in [5.74, 6) is 2.62. The second kappa shape index (κ2) is 8.61. The van der Waals surface area contributed by atoms with E-state index in [9.17, 15) is 8.42 Å². The Balaban J connectivity index is 1.35. The third kappa shape index (κ3) is 5.21. The van der Waals surface area contributed by atoms with Gasteiger partial charge in [0.1, 0.15) is 17.5 Å². The zero-order valence-electron chi connectivity index (χ0n) is 20.8. The van der Waals surface area contributed by atoms with Crippen molar-refractivity contribution < 1.29 is 8.42 Å². The van der Waals surface area contributed by atoms with E-state index in [1.165, 1.54) is 23.1 Å². The summed E-state index contributed by atoms with van der Waals surface area (Å²) in [5.41, 5.74) is 1.28. The van der Waals surface area contributed by atoms with Crippen LogP contribution in [0.4, 0.5) is 5.82 Å². The van der Waals surface area contributed by atoms with E-state index in [1.807, 2.05) is 0 Å². The van der Waals surface area contributed by atoms with Gasteiger partial charge in [0, 0.05) is 50.1 Å². The maximum atomic E-state index is 12.6. The minimum absolute atomic E-state index is 0.0587. The van der Waals surface area contributed by atoms with Crippen LogP contribution in [0.3, 0.4) is 0 Å². The van der Waals surface area contributed by atoms with Gasteiger partial charge in [0.2, 0.25) is 15.0 Å². The molecule has 9 nitrogen and oxygen atoms in total. The smallest absolute Gasteiger partial charge is 0.249 e. The monoisotopic (exact) mass is 475 g/mol. The van der Waals surface area contributed by atoms with Crippen molar-refractivity contribution in [3.63, 3.8) is 0 Å². The number of anilines is 1. The topological polar surface area (TPSA) is 97.1 Å². The van der Waals surface area contributed by atoms with Gasteiger partial charge in [0.25, 0.3) is 0 Å². The highest BCUT2D eigenvalue weighted by Gasteiger charge is 2.42. The highest BCUT2D eigenvalue weighted by Crippen LogP contribution is 2.47. The Morgan fingerprint density at radius 2 is 1.73 bits per heavy atom.